The van der Waals surface area contributed by atoms with E-state index in [-0.39, 0.29) is 5.92 Å². The van der Waals surface area contributed by atoms with Crippen molar-refractivity contribution in [2.75, 3.05) is 0 Å². The van der Waals surface area contributed by atoms with Gasteiger partial charge in [0.15, 0.2) is 0 Å². The first-order chi connectivity index (χ1) is 6.07. The van der Waals surface area contributed by atoms with E-state index in [9.17, 15) is 4.79 Å². The Morgan fingerprint density at radius 1 is 1.54 bits per heavy atom. The Hall–Kier alpha value is -1.05. The Morgan fingerprint density at radius 3 is 2.62 bits per heavy atom. The van der Waals surface area contributed by atoms with Gasteiger partial charge >= 0.3 is 5.97 Å². The molecule has 0 radical (unpaired) electrons. The first-order valence-electron chi connectivity index (χ1n) is 4.63. The zero-order valence-corrected chi connectivity index (χ0v) is 8.58. The summed E-state index contributed by atoms with van der Waals surface area (Å²) >= 11 is 0. The van der Waals surface area contributed by atoms with Crippen LogP contribution in [0.5, 0.6) is 0 Å². The van der Waals surface area contributed by atoms with Crippen molar-refractivity contribution in [3.8, 4) is 0 Å². The van der Waals surface area contributed by atoms with E-state index in [4.69, 9.17) is 5.11 Å². The van der Waals surface area contributed by atoms with E-state index in [1.807, 2.05) is 19.1 Å². The molecule has 0 spiro atoms. The number of hydrogen-bond acceptors (Lipinski definition) is 1. The molecular weight excluding hydrogens is 164 g/mol. The normalized spacial score (nSPS) is 14.8. The lowest BCUT2D eigenvalue weighted by Gasteiger charge is -2.04. The molecule has 0 aliphatic heterocycles. The van der Waals surface area contributed by atoms with Crippen LogP contribution in [0, 0.1) is 5.92 Å². The topological polar surface area (TPSA) is 37.3 Å². The van der Waals surface area contributed by atoms with Gasteiger partial charge in [0.05, 0.1) is 5.92 Å². The zero-order chi connectivity index (χ0) is 10.3. The molecule has 74 valence electrons. The monoisotopic (exact) mass is 182 g/mol. The molecule has 0 saturated heterocycles. The number of allylic oxidation sites excluding steroid dienone is 4. The summed E-state index contributed by atoms with van der Waals surface area (Å²) in [5.41, 5.74) is 1.11. The minimum atomic E-state index is -0.729. The van der Waals surface area contributed by atoms with E-state index in [1.165, 1.54) is 0 Å². The molecule has 0 aromatic heterocycles. The van der Waals surface area contributed by atoms with Gasteiger partial charge in [-0.3, -0.25) is 4.79 Å². The average molecular weight is 182 g/mol. The minimum absolute atomic E-state index is 0.286. The molecule has 0 saturated carbocycles. The van der Waals surface area contributed by atoms with E-state index in [1.54, 1.807) is 6.92 Å². The Labute approximate surface area is 80.0 Å². The third-order valence-corrected chi connectivity index (χ3v) is 1.80. The summed E-state index contributed by atoms with van der Waals surface area (Å²) in [7, 11) is 0. The zero-order valence-electron chi connectivity index (χ0n) is 8.58. The second-order valence-electron chi connectivity index (χ2n) is 3.29. The molecule has 1 N–H and O–H groups in total. The lowest BCUT2D eigenvalue weighted by atomic mass is 10.0. The molecule has 0 aliphatic rings. The molecule has 0 fully saturated rings. The van der Waals surface area contributed by atoms with Gasteiger partial charge < -0.3 is 5.11 Å². The lowest BCUT2D eigenvalue weighted by Crippen LogP contribution is -2.09. The fourth-order valence-electron chi connectivity index (χ4n) is 1.01. The van der Waals surface area contributed by atoms with Crippen molar-refractivity contribution in [1.82, 2.24) is 0 Å². The predicted molar refractivity (Wildman–Crippen MR) is 54.6 cm³/mol. The smallest absolute Gasteiger partial charge is 0.306 e. The summed E-state index contributed by atoms with van der Waals surface area (Å²) < 4.78 is 0. The molecule has 2 nitrogen and oxygen atoms in total. The van der Waals surface area contributed by atoms with Crippen LogP contribution in [0.1, 0.15) is 33.6 Å². The fraction of sp³-hybridized carbons (Fsp3) is 0.545. The van der Waals surface area contributed by atoms with E-state index >= 15 is 0 Å². The van der Waals surface area contributed by atoms with Crippen molar-refractivity contribution >= 4 is 5.97 Å². The first kappa shape index (κ1) is 11.9. The molecule has 0 rings (SSSR count). The number of hydrogen-bond donors (Lipinski definition) is 1. The number of carboxylic acids is 1. The van der Waals surface area contributed by atoms with Crippen LogP contribution in [0.4, 0.5) is 0 Å². The lowest BCUT2D eigenvalue weighted by molar-refractivity contribution is -0.141. The standard InChI is InChI=1S/C11H18O2/c1-4-5-6-7-9(2)8-10(3)11(12)13/h5-7,10H,4,8H2,1-3H3,(H,12,13)/b6-5+,9-7+. The van der Waals surface area contributed by atoms with Crippen LogP contribution < -0.4 is 0 Å². The molecule has 2 heteroatoms. The molecule has 0 bridgehead atoms. The summed E-state index contributed by atoms with van der Waals surface area (Å²) in [5.74, 6) is -1.02. The quantitative estimate of drug-likeness (QED) is 0.663. The van der Waals surface area contributed by atoms with Gasteiger partial charge in [0.1, 0.15) is 0 Å². The van der Waals surface area contributed by atoms with Crippen LogP contribution in [-0.2, 0) is 4.79 Å². The van der Waals surface area contributed by atoms with E-state index in [0.717, 1.165) is 12.0 Å². The minimum Gasteiger partial charge on any atom is -0.481 e. The molecule has 0 amide bonds. The van der Waals surface area contributed by atoms with Crippen molar-refractivity contribution in [1.29, 1.82) is 0 Å². The maximum atomic E-state index is 10.5. The van der Waals surface area contributed by atoms with E-state index in [2.05, 4.69) is 13.0 Å². The van der Waals surface area contributed by atoms with Crippen LogP contribution in [0.2, 0.25) is 0 Å². The molecule has 1 unspecified atom stereocenters. The summed E-state index contributed by atoms with van der Waals surface area (Å²) in [5, 5.41) is 8.66. The molecule has 1 atom stereocenters. The maximum Gasteiger partial charge on any atom is 0.306 e. The van der Waals surface area contributed by atoms with Crippen molar-refractivity contribution in [2.45, 2.75) is 33.6 Å². The highest BCUT2D eigenvalue weighted by Crippen LogP contribution is 2.10. The second kappa shape index (κ2) is 6.46. The molecule has 0 aromatic rings. The van der Waals surface area contributed by atoms with E-state index in [0.29, 0.717) is 6.42 Å². The molecule has 0 aliphatic carbocycles. The second-order valence-corrected chi connectivity index (χ2v) is 3.29. The van der Waals surface area contributed by atoms with Crippen LogP contribution in [0.25, 0.3) is 0 Å². The van der Waals surface area contributed by atoms with Gasteiger partial charge in [-0.1, -0.05) is 37.6 Å². The first-order valence-corrected chi connectivity index (χ1v) is 4.63. The third kappa shape index (κ3) is 6.14. The van der Waals surface area contributed by atoms with Crippen LogP contribution in [0.3, 0.4) is 0 Å². The van der Waals surface area contributed by atoms with Crippen LogP contribution in [-0.4, -0.2) is 11.1 Å². The average Bonchev–Trinajstić information content (AvgIpc) is 2.04. The fourth-order valence-corrected chi connectivity index (χ4v) is 1.01. The predicted octanol–water partition coefficient (Wildman–Crippen LogP) is 3.01. The van der Waals surface area contributed by atoms with Crippen molar-refractivity contribution < 1.29 is 9.90 Å². The highest BCUT2D eigenvalue weighted by Gasteiger charge is 2.10. The van der Waals surface area contributed by atoms with Gasteiger partial charge in [-0.05, 0) is 19.8 Å². The molecule has 13 heavy (non-hydrogen) atoms. The van der Waals surface area contributed by atoms with Crippen LogP contribution >= 0.6 is 0 Å². The van der Waals surface area contributed by atoms with Crippen LogP contribution in [0.15, 0.2) is 23.8 Å². The Morgan fingerprint density at radius 2 is 2.15 bits per heavy atom. The van der Waals surface area contributed by atoms with Gasteiger partial charge in [-0.25, -0.2) is 0 Å². The summed E-state index contributed by atoms with van der Waals surface area (Å²) in [4.78, 5) is 10.5. The summed E-state index contributed by atoms with van der Waals surface area (Å²) in [6, 6.07) is 0. The third-order valence-electron chi connectivity index (χ3n) is 1.80. The largest absolute Gasteiger partial charge is 0.481 e. The van der Waals surface area contributed by atoms with E-state index < -0.39 is 5.97 Å². The maximum absolute atomic E-state index is 10.5. The molecular formula is C11H18O2. The SMILES string of the molecule is CC/C=C/C=C(\C)CC(C)C(=O)O. The molecule has 0 heterocycles. The van der Waals surface area contributed by atoms with Crippen molar-refractivity contribution in [3.63, 3.8) is 0 Å². The van der Waals surface area contributed by atoms with Gasteiger partial charge in [0.2, 0.25) is 0 Å². The van der Waals surface area contributed by atoms with Gasteiger partial charge in [-0.15, -0.1) is 0 Å². The number of aliphatic carboxylic acids is 1. The Balaban J connectivity index is 3.98. The number of carbonyl (C=O) groups is 1. The van der Waals surface area contributed by atoms with Gasteiger partial charge in [-0.2, -0.15) is 0 Å². The Bertz CT molecular complexity index is 214. The highest BCUT2D eigenvalue weighted by atomic mass is 16.4. The van der Waals surface area contributed by atoms with Crippen molar-refractivity contribution in [3.05, 3.63) is 23.8 Å². The Kier molecular flexibility index (Phi) is 5.94. The summed E-state index contributed by atoms with van der Waals surface area (Å²) in [6.45, 7) is 5.75. The molecule has 0 aromatic carbocycles. The number of carboxylic acid groups (broad SMARTS) is 1. The van der Waals surface area contributed by atoms with Gasteiger partial charge in [0.25, 0.3) is 0 Å². The summed E-state index contributed by atoms with van der Waals surface area (Å²) in [6.07, 6.45) is 7.64. The van der Waals surface area contributed by atoms with Gasteiger partial charge in [0, 0.05) is 0 Å². The van der Waals surface area contributed by atoms with Crippen molar-refractivity contribution in [2.24, 2.45) is 5.92 Å². The number of rotatable bonds is 5. The highest BCUT2D eigenvalue weighted by molar-refractivity contribution is 5.69.